The summed E-state index contributed by atoms with van der Waals surface area (Å²) in [6.45, 7) is 20.8. The molecular formula is C69H90N8O11. The minimum absolute atomic E-state index is 0.0524. The first kappa shape index (κ1) is 70.1. The highest BCUT2D eigenvalue weighted by atomic mass is 16.5. The largest absolute Gasteiger partial charge is 0.478 e. The maximum absolute atomic E-state index is 14.2. The van der Waals surface area contributed by atoms with Crippen LogP contribution in [0.25, 0.3) is 0 Å². The van der Waals surface area contributed by atoms with Crippen molar-refractivity contribution < 1.29 is 53.0 Å². The van der Waals surface area contributed by atoms with Crippen molar-refractivity contribution in [3.05, 3.63) is 147 Å². The van der Waals surface area contributed by atoms with E-state index in [0.29, 0.717) is 28.8 Å². The van der Waals surface area contributed by atoms with Gasteiger partial charge in [0.2, 0.25) is 23.6 Å². The summed E-state index contributed by atoms with van der Waals surface area (Å²) in [7, 11) is 3.30. The van der Waals surface area contributed by atoms with Gasteiger partial charge in [-0.15, -0.1) is 0 Å². The predicted molar refractivity (Wildman–Crippen MR) is 339 cm³/mol. The van der Waals surface area contributed by atoms with Crippen molar-refractivity contribution in [3.63, 3.8) is 0 Å². The molecule has 1 heterocycles. The van der Waals surface area contributed by atoms with Crippen LogP contribution >= 0.6 is 0 Å². The fraction of sp³-hybridized carbons (Fsp3) is 0.464. The van der Waals surface area contributed by atoms with Gasteiger partial charge in [-0.25, -0.2) is 14.4 Å². The van der Waals surface area contributed by atoms with Crippen LogP contribution in [-0.2, 0) is 69.8 Å². The van der Waals surface area contributed by atoms with Gasteiger partial charge in [0, 0.05) is 73.9 Å². The zero-order valence-corrected chi connectivity index (χ0v) is 53.4. The van der Waals surface area contributed by atoms with E-state index in [1.165, 1.54) is 11.8 Å². The fourth-order valence-electron chi connectivity index (χ4n) is 10.7. The van der Waals surface area contributed by atoms with E-state index in [2.05, 4.69) is 38.4 Å². The Balaban J connectivity index is 1.15. The molecule has 0 saturated heterocycles. The summed E-state index contributed by atoms with van der Waals surface area (Å²) in [6, 6.07) is 23.8. The molecule has 1 aliphatic rings. The molecule has 0 fully saturated rings. The Morgan fingerprint density at radius 1 is 0.784 bits per heavy atom. The highest BCUT2D eigenvalue weighted by molar-refractivity contribution is 5.98. The van der Waals surface area contributed by atoms with Gasteiger partial charge < -0.3 is 52.0 Å². The van der Waals surface area contributed by atoms with Crippen LogP contribution < -0.4 is 37.2 Å². The lowest BCUT2D eigenvalue weighted by molar-refractivity contribution is -0.141. The number of carbonyl (C=O) groups excluding carboxylic acids is 8. The zero-order valence-electron chi connectivity index (χ0n) is 53.4. The smallest absolute Gasteiger partial charge is 0.407 e. The first-order valence-electron chi connectivity index (χ1n) is 30.0. The predicted octanol–water partition coefficient (Wildman–Crippen LogP) is 8.33. The standard InChI is InChI=1S/C69H90N8O11/c1-42(2)54(38-53(78)32-33-59(80)77-40-51-21-15-14-19-48(51)28-29-49-20-16-17-23-56(49)77)62(81)74-55(22-18-34-72-66(70)86)58(79)37-46-24-26-47(27-25-46)41-88-67(87)73-39-50-30-31-52(35-44(50)5)69(10,11)60(71-12)63(82)75-61(68(7,8)9)64(83)76(13)57(43(3)4)36-45(6)65(84)85/h14-17,19-21,23-27,30-31,35-36,42-43,54-55,57,60-61,71H,18,22,32-34,37-41H2,1-13H3,(H,73,87)(H,74,81)(H,75,82)(H,84,85)(H3,70,72,86)/b45-36+/t54-,55-,57-,60-,61+/m0/s1. The number of urea groups is 1. The number of aryl methyl sites for hydroxylation is 1. The first-order valence-corrected chi connectivity index (χ1v) is 30.0. The van der Waals surface area contributed by atoms with Gasteiger partial charge in [-0.3, -0.25) is 28.8 Å². The summed E-state index contributed by atoms with van der Waals surface area (Å²) in [5.74, 6) is 2.10. The lowest BCUT2D eigenvalue weighted by Crippen LogP contribution is -2.61. The summed E-state index contributed by atoms with van der Waals surface area (Å²) < 4.78 is 5.55. The molecule has 19 nitrogen and oxygen atoms in total. The number of hydrogen-bond donors (Lipinski definition) is 7. The van der Waals surface area contributed by atoms with Gasteiger partial charge in [0.1, 0.15) is 18.4 Å². The quantitative estimate of drug-likeness (QED) is 0.0154. The second-order valence-electron chi connectivity index (χ2n) is 25.1. The van der Waals surface area contributed by atoms with Crippen LogP contribution in [0.5, 0.6) is 0 Å². The summed E-state index contributed by atoms with van der Waals surface area (Å²) in [6.07, 6.45) is 1.06. The number of carboxylic acid groups (broad SMARTS) is 1. The number of nitrogens with two attached hydrogens (primary N) is 1. The maximum atomic E-state index is 14.2. The van der Waals surface area contributed by atoms with E-state index in [-0.39, 0.29) is 105 Å². The minimum Gasteiger partial charge on any atom is -0.478 e. The second kappa shape index (κ2) is 31.8. The van der Waals surface area contributed by atoms with Gasteiger partial charge in [-0.2, -0.15) is 0 Å². The van der Waals surface area contributed by atoms with E-state index < -0.39 is 64.9 Å². The molecule has 472 valence electrons. The summed E-state index contributed by atoms with van der Waals surface area (Å²) in [5.41, 5.74) is 10.8. The Bertz CT molecular complexity index is 3280. The van der Waals surface area contributed by atoms with Gasteiger partial charge >= 0.3 is 18.1 Å². The first-order chi connectivity index (χ1) is 41.4. The van der Waals surface area contributed by atoms with Gasteiger partial charge in [-0.1, -0.05) is 153 Å². The number of primary amides is 1. The number of nitrogens with zero attached hydrogens (tertiary/aromatic N) is 2. The van der Waals surface area contributed by atoms with Crippen molar-refractivity contribution in [2.75, 3.05) is 25.5 Å². The third kappa shape index (κ3) is 19.7. The van der Waals surface area contributed by atoms with E-state index in [1.54, 1.807) is 49.3 Å². The number of alkyl carbamates (subject to hydrolysis) is 1. The third-order valence-corrected chi connectivity index (χ3v) is 16.2. The molecule has 0 spiro atoms. The average Bonchev–Trinajstić information content (AvgIpc) is 0.971. The molecule has 88 heavy (non-hydrogen) atoms. The number of aliphatic carboxylic acids is 1. The molecule has 0 saturated carbocycles. The average molecular weight is 1210 g/mol. The van der Waals surface area contributed by atoms with Gasteiger partial charge in [0.15, 0.2) is 5.78 Å². The molecule has 0 aromatic heterocycles. The normalized spacial score (nSPS) is 14.0. The van der Waals surface area contributed by atoms with Crippen LogP contribution in [0.4, 0.5) is 15.3 Å². The maximum Gasteiger partial charge on any atom is 0.407 e. The Morgan fingerprint density at radius 2 is 1.42 bits per heavy atom. The van der Waals surface area contributed by atoms with Crippen LogP contribution in [0.15, 0.2) is 103 Å². The van der Waals surface area contributed by atoms with Crippen LogP contribution in [0.3, 0.4) is 0 Å². The number of anilines is 1. The molecule has 0 radical (unpaired) electrons. The number of fused-ring (bicyclic) bond motifs is 2. The number of ketones is 2. The van der Waals surface area contributed by atoms with Crippen molar-refractivity contribution in [2.45, 2.75) is 164 Å². The van der Waals surface area contributed by atoms with Gasteiger partial charge in [0.05, 0.1) is 30.4 Å². The monoisotopic (exact) mass is 1210 g/mol. The Hall–Kier alpha value is -8.63. The number of likely N-dealkylation sites (N-methyl/N-ethyl adjacent to an activating group) is 2. The van der Waals surface area contributed by atoms with Crippen molar-refractivity contribution in [3.8, 4) is 11.8 Å². The summed E-state index contributed by atoms with van der Waals surface area (Å²) >= 11 is 0. The lowest BCUT2D eigenvalue weighted by atomic mass is 9.76. The van der Waals surface area contributed by atoms with E-state index in [4.69, 9.17) is 10.5 Å². The molecule has 19 heteroatoms. The zero-order chi connectivity index (χ0) is 65.2. The van der Waals surface area contributed by atoms with Crippen LogP contribution in [0.2, 0.25) is 0 Å². The summed E-state index contributed by atoms with van der Waals surface area (Å²) in [4.78, 5) is 123. The van der Waals surface area contributed by atoms with Crippen LogP contribution in [0, 0.1) is 41.9 Å². The number of carbonyl (C=O) groups is 9. The van der Waals surface area contributed by atoms with Crippen LogP contribution in [0.1, 0.15) is 146 Å². The number of ether oxygens (including phenoxy) is 1. The molecular weight excluding hydrogens is 1120 g/mol. The highest BCUT2D eigenvalue weighted by Gasteiger charge is 2.42. The number of Topliss-reactive ketones (excluding diaryl/α,β-unsaturated/α-hetero) is 2. The Labute approximate surface area is 518 Å². The fourth-order valence-corrected chi connectivity index (χ4v) is 10.7. The van der Waals surface area contributed by atoms with E-state index >= 15 is 0 Å². The highest BCUT2D eigenvalue weighted by Crippen LogP contribution is 2.32. The Morgan fingerprint density at radius 3 is 2.03 bits per heavy atom. The van der Waals surface area contributed by atoms with E-state index in [1.807, 2.05) is 136 Å². The molecule has 1 aliphatic heterocycles. The number of nitrogens with one attached hydrogen (secondary N) is 5. The van der Waals surface area contributed by atoms with Crippen molar-refractivity contribution in [1.82, 2.24) is 31.5 Å². The molecule has 7 amide bonds. The van der Waals surface area contributed by atoms with Crippen molar-refractivity contribution in [1.29, 1.82) is 0 Å². The van der Waals surface area contributed by atoms with E-state index in [0.717, 1.165) is 27.8 Å². The molecule has 5 rings (SSSR count). The number of benzene rings is 4. The molecule has 8 N–H and O–H groups in total. The Kier molecular flexibility index (Phi) is 25.4. The van der Waals surface area contributed by atoms with Gasteiger partial charge in [-0.05, 0) is 103 Å². The van der Waals surface area contributed by atoms with Crippen molar-refractivity contribution in [2.24, 2.45) is 28.9 Å². The molecule has 5 atom stereocenters. The van der Waals surface area contributed by atoms with Crippen molar-refractivity contribution >= 4 is 59.0 Å². The van der Waals surface area contributed by atoms with Crippen LogP contribution in [-0.4, -0.2) is 108 Å². The lowest BCUT2D eigenvalue weighted by Gasteiger charge is -2.40. The number of para-hydroxylation sites is 1. The summed E-state index contributed by atoms with van der Waals surface area (Å²) in [5, 5.41) is 24.0. The SMILES string of the molecule is CN[C@@H](C(=O)N[C@H](C(=O)N(C)[C@@H](/C=C(\C)C(=O)O)C(C)C)C(C)(C)C)C(C)(C)c1ccc(CNC(=O)OCc2ccc(CC(=O)[C@H](CCCNC(N)=O)NC(=O)[C@@H](CC(=O)CCC(=O)N3Cc4ccccc4C#Cc4ccccc43)C(C)C)cc2)c(C)c1. The molecule has 0 bridgehead atoms. The van der Waals surface area contributed by atoms with Gasteiger partial charge in [0.25, 0.3) is 0 Å². The third-order valence-electron chi connectivity index (χ3n) is 16.2. The minimum atomic E-state index is -1.08. The molecule has 4 aromatic carbocycles. The molecule has 0 aliphatic carbocycles. The number of carboxylic acids is 1. The molecule has 4 aromatic rings. The van der Waals surface area contributed by atoms with E-state index in [9.17, 15) is 48.3 Å². The number of rotatable bonds is 29. The topological polar surface area (TPSA) is 276 Å². The number of hydrogen-bond acceptors (Lipinski definition) is 11. The second-order valence-corrected chi connectivity index (χ2v) is 25.1. The molecule has 0 unspecified atom stereocenters. The number of amides is 7.